The monoisotopic (exact) mass is 287 g/mol. The first kappa shape index (κ1) is 14.9. The molecule has 0 radical (unpaired) electrons. The number of carbonyl (C=O) groups is 2. The van der Waals surface area contributed by atoms with Gasteiger partial charge in [0.05, 0.1) is 37.0 Å². The SMILES string of the molecule is CCOC(=O)CCC(=O)Cc1cnnn1-c1ccccc1. The van der Waals surface area contributed by atoms with Crippen molar-refractivity contribution in [2.75, 3.05) is 6.61 Å². The molecule has 0 amide bonds. The maximum atomic E-state index is 11.9. The standard InChI is InChI=1S/C15H17N3O3/c1-2-21-15(20)9-8-14(19)10-13-11-16-17-18(13)12-6-4-3-5-7-12/h3-7,11H,2,8-10H2,1H3. The van der Waals surface area contributed by atoms with Gasteiger partial charge in [-0.2, -0.15) is 0 Å². The Morgan fingerprint density at radius 2 is 1.95 bits per heavy atom. The molecule has 0 atom stereocenters. The lowest BCUT2D eigenvalue weighted by Gasteiger charge is -2.05. The van der Waals surface area contributed by atoms with E-state index in [0.717, 1.165) is 5.69 Å². The Hall–Kier alpha value is -2.50. The van der Waals surface area contributed by atoms with Crippen LogP contribution in [0.1, 0.15) is 25.5 Å². The summed E-state index contributed by atoms with van der Waals surface area (Å²) in [5, 5.41) is 7.83. The van der Waals surface area contributed by atoms with Crippen molar-refractivity contribution in [1.82, 2.24) is 15.0 Å². The van der Waals surface area contributed by atoms with E-state index in [1.165, 1.54) is 0 Å². The van der Waals surface area contributed by atoms with Gasteiger partial charge in [-0.25, -0.2) is 4.68 Å². The van der Waals surface area contributed by atoms with E-state index in [1.807, 2.05) is 30.3 Å². The molecule has 0 bridgehead atoms. The lowest BCUT2D eigenvalue weighted by molar-refractivity contribution is -0.144. The van der Waals surface area contributed by atoms with Gasteiger partial charge in [0.15, 0.2) is 0 Å². The van der Waals surface area contributed by atoms with Crippen LogP contribution in [-0.2, 0) is 20.7 Å². The van der Waals surface area contributed by atoms with Gasteiger partial charge in [-0.3, -0.25) is 9.59 Å². The van der Waals surface area contributed by atoms with Crippen molar-refractivity contribution in [2.24, 2.45) is 0 Å². The molecule has 21 heavy (non-hydrogen) atoms. The fraction of sp³-hybridized carbons (Fsp3) is 0.333. The highest BCUT2D eigenvalue weighted by Gasteiger charge is 2.13. The topological polar surface area (TPSA) is 74.1 Å². The van der Waals surface area contributed by atoms with E-state index in [9.17, 15) is 9.59 Å². The highest BCUT2D eigenvalue weighted by molar-refractivity contribution is 5.84. The van der Waals surface area contributed by atoms with Crippen LogP contribution in [0.2, 0.25) is 0 Å². The molecule has 1 aromatic heterocycles. The second-order valence-electron chi connectivity index (χ2n) is 4.49. The molecule has 1 heterocycles. The summed E-state index contributed by atoms with van der Waals surface area (Å²) >= 11 is 0. The zero-order valence-electron chi connectivity index (χ0n) is 11.9. The van der Waals surface area contributed by atoms with Crippen molar-refractivity contribution in [3.63, 3.8) is 0 Å². The van der Waals surface area contributed by atoms with E-state index in [2.05, 4.69) is 10.3 Å². The molecular weight excluding hydrogens is 270 g/mol. The Bertz CT molecular complexity index is 608. The molecule has 0 saturated heterocycles. The molecule has 2 rings (SSSR count). The third-order valence-corrected chi connectivity index (χ3v) is 2.91. The molecule has 0 spiro atoms. The lowest BCUT2D eigenvalue weighted by Crippen LogP contribution is -2.12. The number of aromatic nitrogens is 3. The number of nitrogens with zero attached hydrogens (tertiary/aromatic N) is 3. The Balaban J connectivity index is 1.96. The van der Waals surface area contributed by atoms with E-state index >= 15 is 0 Å². The number of esters is 1. The van der Waals surface area contributed by atoms with Gasteiger partial charge in [0.2, 0.25) is 0 Å². The number of ketones is 1. The first-order chi connectivity index (χ1) is 10.2. The molecule has 0 unspecified atom stereocenters. The van der Waals surface area contributed by atoms with Crippen LogP contribution < -0.4 is 0 Å². The molecule has 0 aliphatic rings. The van der Waals surface area contributed by atoms with Crippen LogP contribution in [0.4, 0.5) is 0 Å². The first-order valence-corrected chi connectivity index (χ1v) is 6.83. The fourth-order valence-electron chi connectivity index (χ4n) is 1.93. The summed E-state index contributed by atoms with van der Waals surface area (Å²) in [7, 11) is 0. The van der Waals surface area contributed by atoms with Crippen molar-refractivity contribution in [2.45, 2.75) is 26.2 Å². The average molecular weight is 287 g/mol. The van der Waals surface area contributed by atoms with E-state index in [-0.39, 0.29) is 31.0 Å². The van der Waals surface area contributed by atoms with Crippen LogP contribution in [0.15, 0.2) is 36.5 Å². The van der Waals surface area contributed by atoms with Gasteiger partial charge >= 0.3 is 5.97 Å². The maximum absolute atomic E-state index is 11.9. The molecule has 0 N–H and O–H groups in total. The predicted molar refractivity (Wildman–Crippen MR) is 75.9 cm³/mol. The summed E-state index contributed by atoms with van der Waals surface area (Å²) in [6, 6.07) is 9.47. The number of rotatable bonds is 7. The van der Waals surface area contributed by atoms with Crippen LogP contribution in [0.25, 0.3) is 5.69 Å². The second-order valence-corrected chi connectivity index (χ2v) is 4.49. The summed E-state index contributed by atoms with van der Waals surface area (Å²) in [4.78, 5) is 23.2. The summed E-state index contributed by atoms with van der Waals surface area (Å²) in [6.45, 7) is 2.07. The molecule has 1 aromatic carbocycles. The lowest BCUT2D eigenvalue weighted by atomic mass is 10.1. The minimum Gasteiger partial charge on any atom is -0.466 e. The van der Waals surface area contributed by atoms with Crippen LogP contribution in [-0.4, -0.2) is 33.4 Å². The maximum Gasteiger partial charge on any atom is 0.306 e. The number of hydrogen-bond acceptors (Lipinski definition) is 5. The van der Waals surface area contributed by atoms with Crippen molar-refractivity contribution in [3.05, 3.63) is 42.2 Å². The van der Waals surface area contributed by atoms with Gasteiger partial charge in [0.1, 0.15) is 5.78 Å². The van der Waals surface area contributed by atoms with Gasteiger partial charge < -0.3 is 4.74 Å². The Morgan fingerprint density at radius 3 is 2.67 bits per heavy atom. The minimum absolute atomic E-state index is 0.0393. The summed E-state index contributed by atoms with van der Waals surface area (Å²) in [6.07, 6.45) is 2.04. The first-order valence-electron chi connectivity index (χ1n) is 6.83. The second kappa shape index (κ2) is 7.33. The largest absolute Gasteiger partial charge is 0.466 e. The zero-order valence-corrected chi connectivity index (χ0v) is 11.9. The number of carbonyl (C=O) groups excluding carboxylic acids is 2. The number of Topliss-reactive ketones (excluding diaryl/α,β-unsaturated/α-hetero) is 1. The van der Waals surface area contributed by atoms with Crippen molar-refractivity contribution >= 4 is 11.8 Å². The molecule has 110 valence electrons. The van der Waals surface area contributed by atoms with Crippen LogP contribution in [0, 0.1) is 0 Å². The molecule has 0 aliphatic heterocycles. The molecular formula is C15H17N3O3. The number of benzene rings is 1. The van der Waals surface area contributed by atoms with E-state index < -0.39 is 0 Å². The Morgan fingerprint density at radius 1 is 1.19 bits per heavy atom. The summed E-state index contributed by atoms with van der Waals surface area (Å²) < 4.78 is 6.43. The number of para-hydroxylation sites is 1. The zero-order chi connectivity index (χ0) is 15.1. The van der Waals surface area contributed by atoms with Crippen LogP contribution in [0.3, 0.4) is 0 Å². The quantitative estimate of drug-likeness (QED) is 0.725. The van der Waals surface area contributed by atoms with Gasteiger partial charge in [0.25, 0.3) is 0 Å². The number of ether oxygens (including phenoxy) is 1. The van der Waals surface area contributed by atoms with E-state index in [0.29, 0.717) is 12.3 Å². The average Bonchev–Trinajstić information content (AvgIpc) is 2.94. The molecule has 6 nitrogen and oxygen atoms in total. The normalized spacial score (nSPS) is 10.3. The van der Waals surface area contributed by atoms with Gasteiger partial charge in [-0.05, 0) is 19.1 Å². The third-order valence-electron chi connectivity index (χ3n) is 2.91. The highest BCUT2D eigenvalue weighted by Crippen LogP contribution is 2.10. The highest BCUT2D eigenvalue weighted by atomic mass is 16.5. The van der Waals surface area contributed by atoms with Gasteiger partial charge in [-0.15, -0.1) is 5.10 Å². The van der Waals surface area contributed by atoms with Crippen LogP contribution in [0.5, 0.6) is 0 Å². The molecule has 0 saturated carbocycles. The van der Waals surface area contributed by atoms with E-state index in [4.69, 9.17) is 4.74 Å². The molecule has 6 heteroatoms. The molecule has 0 fully saturated rings. The van der Waals surface area contributed by atoms with Crippen molar-refractivity contribution in [3.8, 4) is 5.69 Å². The summed E-state index contributed by atoms with van der Waals surface area (Å²) in [5.74, 6) is -0.386. The Kier molecular flexibility index (Phi) is 5.20. The Labute approximate surface area is 122 Å². The van der Waals surface area contributed by atoms with E-state index in [1.54, 1.807) is 17.8 Å². The smallest absolute Gasteiger partial charge is 0.306 e. The van der Waals surface area contributed by atoms with Gasteiger partial charge in [0, 0.05) is 6.42 Å². The third kappa shape index (κ3) is 4.24. The van der Waals surface area contributed by atoms with Crippen LogP contribution >= 0.6 is 0 Å². The van der Waals surface area contributed by atoms with Gasteiger partial charge in [-0.1, -0.05) is 23.4 Å². The molecule has 0 aliphatic carbocycles. The number of hydrogen-bond donors (Lipinski definition) is 0. The summed E-state index contributed by atoms with van der Waals surface area (Å²) in [5.41, 5.74) is 1.55. The fourth-order valence-corrected chi connectivity index (χ4v) is 1.93. The predicted octanol–water partition coefficient (Wildman–Crippen LogP) is 1.72. The molecule has 2 aromatic rings. The van der Waals surface area contributed by atoms with Crippen molar-refractivity contribution in [1.29, 1.82) is 0 Å². The van der Waals surface area contributed by atoms with Crippen molar-refractivity contribution < 1.29 is 14.3 Å². The minimum atomic E-state index is -0.347.